The highest BCUT2D eigenvalue weighted by Crippen LogP contribution is 2.37. The van der Waals surface area contributed by atoms with Crippen LogP contribution >= 0.6 is 0 Å². The summed E-state index contributed by atoms with van der Waals surface area (Å²) in [5.41, 5.74) is 4.32. The minimum absolute atomic E-state index is 0.0657. The second-order valence-electron chi connectivity index (χ2n) is 7.72. The Balaban J connectivity index is 1.52. The zero-order valence-corrected chi connectivity index (χ0v) is 18.3. The zero-order valence-electron chi connectivity index (χ0n) is 18.3. The summed E-state index contributed by atoms with van der Waals surface area (Å²) in [6, 6.07) is 15.4. The van der Waals surface area contributed by atoms with Crippen LogP contribution in [0, 0.1) is 11.3 Å². The second kappa shape index (κ2) is 9.31. The maximum absolute atomic E-state index is 9.76. The molecule has 4 aromatic rings. The number of hydrogen-bond donors (Lipinski definition) is 0. The van der Waals surface area contributed by atoms with Gasteiger partial charge in [-0.2, -0.15) is 5.26 Å². The lowest BCUT2D eigenvalue weighted by Crippen LogP contribution is -2.26. The van der Waals surface area contributed by atoms with Crippen molar-refractivity contribution in [2.75, 3.05) is 19.8 Å². The number of furan rings is 1. The van der Waals surface area contributed by atoms with E-state index in [4.69, 9.17) is 18.6 Å². The second-order valence-corrected chi connectivity index (χ2v) is 7.72. The molecule has 1 aliphatic heterocycles. The molecule has 7 nitrogen and oxygen atoms in total. The number of ether oxygens (including phenoxy) is 3. The summed E-state index contributed by atoms with van der Waals surface area (Å²) in [4.78, 5) is 8.79. The molecule has 0 saturated carbocycles. The van der Waals surface area contributed by atoms with Gasteiger partial charge in [-0.05, 0) is 42.8 Å². The van der Waals surface area contributed by atoms with Crippen molar-refractivity contribution in [1.82, 2.24) is 9.97 Å². The van der Waals surface area contributed by atoms with Crippen LogP contribution in [0.1, 0.15) is 25.3 Å². The van der Waals surface area contributed by atoms with Gasteiger partial charge >= 0.3 is 0 Å². The van der Waals surface area contributed by atoms with Gasteiger partial charge < -0.3 is 18.6 Å². The third-order valence-corrected chi connectivity index (χ3v) is 5.60. The summed E-state index contributed by atoms with van der Waals surface area (Å²) >= 11 is 0. The average molecular weight is 441 g/mol. The fourth-order valence-electron chi connectivity index (χ4n) is 3.99. The number of rotatable bonds is 6. The van der Waals surface area contributed by atoms with Crippen LogP contribution in [-0.2, 0) is 4.74 Å². The van der Waals surface area contributed by atoms with Crippen LogP contribution in [0.25, 0.3) is 33.6 Å². The number of aromatic nitrogens is 2. The lowest BCUT2D eigenvalue weighted by Gasteiger charge is -2.23. The van der Waals surface area contributed by atoms with E-state index in [1.54, 1.807) is 12.4 Å². The SMILES string of the molecule is CCOc1ncccc1-c1cc2nccc(-c3ccc(OC4CCOCC4)c(C#N)c3)c2o1. The van der Waals surface area contributed by atoms with E-state index < -0.39 is 0 Å². The summed E-state index contributed by atoms with van der Waals surface area (Å²) in [5, 5.41) is 9.76. The molecule has 4 heterocycles. The summed E-state index contributed by atoms with van der Waals surface area (Å²) < 4.78 is 23.4. The van der Waals surface area contributed by atoms with E-state index in [-0.39, 0.29) is 6.10 Å². The molecule has 1 fully saturated rings. The predicted octanol–water partition coefficient (Wildman–Crippen LogP) is 5.38. The minimum Gasteiger partial charge on any atom is -0.489 e. The van der Waals surface area contributed by atoms with E-state index in [0.29, 0.717) is 48.4 Å². The Morgan fingerprint density at radius 3 is 2.76 bits per heavy atom. The Bertz CT molecular complexity index is 1320. The van der Waals surface area contributed by atoms with Gasteiger partial charge in [0.25, 0.3) is 0 Å². The van der Waals surface area contributed by atoms with Crippen molar-refractivity contribution in [3.63, 3.8) is 0 Å². The van der Waals surface area contributed by atoms with Crippen molar-refractivity contribution in [3.8, 4) is 40.1 Å². The van der Waals surface area contributed by atoms with Gasteiger partial charge in [0.15, 0.2) is 5.58 Å². The normalized spacial score (nSPS) is 14.2. The first-order chi connectivity index (χ1) is 16.3. The van der Waals surface area contributed by atoms with Crippen LogP contribution in [0.4, 0.5) is 0 Å². The largest absolute Gasteiger partial charge is 0.489 e. The van der Waals surface area contributed by atoms with Crippen molar-refractivity contribution in [3.05, 3.63) is 60.4 Å². The predicted molar refractivity (Wildman–Crippen MR) is 123 cm³/mol. The minimum atomic E-state index is 0.0657. The summed E-state index contributed by atoms with van der Waals surface area (Å²) in [6.45, 7) is 3.79. The first kappa shape index (κ1) is 21.0. The molecule has 0 radical (unpaired) electrons. The third-order valence-electron chi connectivity index (χ3n) is 5.60. The van der Waals surface area contributed by atoms with Crippen molar-refractivity contribution >= 4 is 11.1 Å². The first-order valence-electron chi connectivity index (χ1n) is 11.0. The van der Waals surface area contributed by atoms with Gasteiger partial charge in [0.2, 0.25) is 5.88 Å². The standard InChI is InChI=1S/C26H23N3O4/c1-2-31-26-21(4-3-10-29-26)24-15-22-25(33-24)20(7-11-28-22)17-5-6-23(18(14-17)16-27)32-19-8-12-30-13-9-19/h3-7,10-11,14-15,19H,2,8-9,12-13H2,1H3. The van der Waals surface area contributed by atoms with Gasteiger partial charge in [0.05, 0.1) is 30.9 Å². The van der Waals surface area contributed by atoms with Crippen LogP contribution in [0.15, 0.2) is 59.3 Å². The molecule has 0 bridgehead atoms. The lowest BCUT2D eigenvalue weighted by molar-refractivity contribution is 0.0254. The number of nitriles is 1. The van der Waals surface area contributed by atoms with E-state index >= 15 is 0 Å². The molecule has 1 aliphatic rings. The number of pyridine rings is 2. The molecule has 0 atom stereocenters. The molecule has 166 valence electrons. The lowest BCUT2D eigenvalue weighted by atomic mass is 10.0. The average Bonchev–Trinajstić information content (AvgIpc) is 3.30. The van der Waals surface area contributed by atoms with Gasteiger partial charge in [-0.3, -0.25) is 4.98 Å². The summed E-state index contributed by atoms with van der Waals surface area (Å²) in [5.74, 6) is 1.73. The molecule has 1 aromatic carbocycles. The highest BCUT2D eigenvalue weighted by Gasteiger charge is 2.19. The molecule has 1 saturated heterocycles. The maximum Gasteiger partial charge on any atom is 0.224 e. The highest BCUT2D eigenvalue weighted by molar-refractivity contribution is 5.93. The van der Waals surface area contributed by atoms with Crippen molar-refractivity contribution < 1.29 is 18.6 Å². The molecule has 0 aliphatic carbocycles. The van der Waals surface area contributed by atoms with Crippen molar-refractivity contribution in [2.24, 2.45) is 0 Å². The van der Waals surface area contributed by atoms with Gasteiger partial charge in [-0.1, -0.05) is 6.07 Å². The topological polar surface area (TPSA) is 90.4 Å². The summed E-state index contributed by atoms with van der Waals surface area (Å²) in [7, 11) is 0. The van der Waals surface area contributed by atoms with E-state index in [0.717, 1.165) is 35.0 Å². The van der Waals surface area contributed by atoms with E-state index in [2.05, 4.69) is 16.0 Å². The summed E-state index contributed by atoms with van der Waals surface area (Å²) in [6.07, 6.45) is 5.14. The van der Waals surface area contributed by atoms with Crippen molar-refractivity contribution in [1.29, 1.82) is 5.26 Å². The van der Waals surface area contributed by atoms with Crippen LogP contribution < -0.4 is 9.47 Å². The van der Waals surface area contributed by atoms with E-state index in [9.17, 15) is 5.26 Å². The Morgan fingerprint density at radius 1 is 1.06 bits per heavy atom. The fourth-order valence-corrected chi connectivity index (χ4v) is 3.99. The van der Waals surface area contributed by atoms with E-state index in [1.165, 1.54) is 0 Å². The van der Waals surface area contributed by atoms with Gasteiger partial charge in [-0.25, -0.2) is 4.98 Å². The quantitative estimate of drug-likeness (QED) is 0.396. The molecular formula is C26H23N3O4. The Hall–Kier alpha value is -3.89. The van der Waals surface area contributed by atoms with E-state index in [1.807, 2.05) is 49.4 Å². The molecule has 7 heteroatoms. The molecule has 0 N–H and O–H groups in total. The number of hydrogen-bond acceptors (Lipinski definition) is 7. The monoisotopic (exact) mass is 441 g/mol. The first-order valence-corrected chi connectivity index (χ1v) is 11.0. The molecule has 33 heavy (non-hydrogen) atoms. The van der Waals surface area contributed by atoms with Gasteiger partial charge in [-0.15, -0.1) is 0 Å². The third kappa shape index (κ3) is 4.26. The van der Waals surface area contributed by atoms with Gasteiger partial charge in [0.1, 0.15) is 29.2 Å². The Kier molecular flexibility index (Phi) is 5.92. The Morgan fingerprint density at radius 2 is 1.94 bits per heavy atom. The zero-order chi connectivity index (χ0) is 22.6. The number of fused-ring (bicyclic) bond motifs is 1. The smallest absolute Gasteiger partial charge is 0.224 e. The van der Waals surface area contributed by atoms with Crippen LogP contribution in [0.2, 0.25) is 0 Å². The number of nitrogens with zero attached hydrogens (tertiary/aromatic N) is 3. The molecule has 0 unspecified atom stereocenters. The molecular weight excluding hydrogens is 418 g/mol. The molecule has 0 spiro atoms. The van der Waals surface area contributed by atoms with Crippen LogP contribution in [0.3, 0.4) is 0 Å². The fraction of sp³-hybridized carbons (Fsp3) is 0.269. The highest BCUT2D eigenvalue weighted by atomic mass is 16.5. The van der Waals surface area contributed by atoms with Crippen LogP contribution in [-0.4, -0.2) is 35.9 Å². The van der Waals surface area contributed by atoms with Crippen molar-refractivity contribution in [2.45, 2.75) is 25.9 Å². The molecule has 3 aromatic heterocycles. The number of benzene rings is 1. The molecule has 5 rings (SSSR count). The Labute approximate surface area is 191 Å². The van der Waals surface area contributed by atoms with Crippen LogP contribution in [0.5, 0.6) is 11.6 Å². The maximum atomic E-state index is 9.76. The van der Waals surface area contributed by atoms with Gasteiger partial charge in [0, 0.05) is 36.9 Å². The molecule has 0 amide bonds.